The lowest BCUT2D eigenvalue weighted by atomic mass is 10.1. The highest BCUT2D eigenvalue weighted by atomic mass is 35.5. The fraction of sp³-hybridized carbons (Fsp3) is 0.250. The smallest absolute Gasteiger partial charge is 0.241 e. The zero-order valence-electron chi connectivity index (χ0n) is 12.8. The van der Waals surface area contributed by atoms with Gasteiger partial charge in [-0.2, -0.15) is 0 Å². The highest BCUT2D eigenvalue weighted by Crippen LogP contribution is 2.33. The van der Waals surface area contributed by atoms with E-state index >= 15 is 0 Å². The molecule has 0 radical (unpaired) electrons. The summed E-state index contributed by atoms with van der Waals surface area (Å²) in [4.78, 5) is 0.0568. The maximum atomic E-state index is 12.5. The van der Waals surface area contributed by atoms with E-state index in [2.05, 4.69) is 4.72 Å². The van der Waals surface area contributed by atoms with Crippen LogP contribution in [0.5, 0.6) is 11.5 Å². The van der Waals surface area contributed by atoms with Crippen LogP contribution in [-0.4, -0.2) is 21.6 Å². The number of benzene rings is 2. The van der Waals surface area contributed by atoms with Gasteiger partial charge in [0.25, 0.3) is 0 Å². The van der Waals surface area contributed by atoms with Gasteiger partial charge in [0.15, 0.2) is 11.5 Å². The van der Waals surface area contributed by atoms with Gasteiger partial charge in [-0.05, 0) is 42.8 Å². The Labute approximate surface area is 150 Å². The quantitative estimate of drug-likeness (QED) is 0.865. The summed E-state index contributed by atoms with van der Waals surface area (Å²) in [7, 11) is -3.73. The number of hydrogen-bond acceptors (Lipinski definition) is 4. The van der Waals surface area contributed by atoms with Crippen LogP contribution in [0.3, 0.4) is 0 Å². The minimum absolute atomic E-state index is 0.0568. The Kier molecular flexibility index (Phi) is 4.92. The number of nitrogens with one attached hydrogen (secondary N) is 1. The standard InChI is InChI=1S/C16H15Cl2NO4S/c1-10(11-2-5-15-16(8-11)23-7-6-22-15)19-24(20,21)12-3-4-13(17)14(18)9-12/h2-5,8-10,19H,6-7H2,1H3. The van der Waals surface area contributed by atoms with Crippen molar-refractivity contribution in [3.8, 4) is 11.5 Å². The molecule has 5 nitrogen and oxygen atoms in total. The highest BCUT2D eigenvalue weighted by Gasteiger charge is 2.21. The van der Waals surface area contributed by atoms with Crippen LogP contribution in [0.25, 0.3) is 0 Å². The number of rotatable bonds is 4. The van der Waals surface area contributed by atoms with Crippen molar-refractivity contribution in [2.45, 2.75) is 17.9 Å². The molecule has 8 heteroatoms. The van der Waals surface area contributed by atoms with Gasteiger partial charge in [-0.25, -0.2) is 13.1 Å². The van der Waals surface area contributed by atoms with Crippen LogP contribution in [-0.2, 0) is 10.0 Å². The van der Waals surface area contributed by atoms with Crippen molar-refractivity contribution < 1.29 is 17.9 Å². The topological polar surface area (TPSA) is 64.6 Å². The molecule has 0 fully saturated rings. The van der Waals surface area contributed by atoms with Crippen molar-refractivity contribution in [2.75, 3.05) is 13.2 Å². The van der Waals surface area contributed by atoms with Gasteiger partial charge in [0.1, 0.15) is 13.2 Å². The Balaban J connectivity index is 1.82. The van der Waals surface area contributed by atoms with E-state index in [4.69, 9.17) is 32.7 Å². The first-order chi connectivity index (χ1) is 11.4. The second kappa shape index (κ2) is 6.80. The van der Waals surface area contributed by atoms with Crippen molar-refractivity contribution in [3.63, 3.8) is 0 Å². The minimum atomic E-state index is -3.73. The van der Waals surface area contributed by atoms with Crippen LogP contribution in [0.2, 0.25) is 10.0 Å². The first kappa shape index (κ1) is 17.4. The zero-order chi connectivity index (χ0) is 17.3. The van der Waals surface area contributed by atoms with E-state index in [1.807, 2.05) is 0 Å². The van der Waals surface area contributed by atoms with Crippen LogP contribution in [0, 0.1) is 0 Å². The summed E-state index contributed by atoms with van der Waals surface area (Å²) in [5.41, 5.74) is 0.767. The SMILES string of the molecule is CC(NS(=O)(=O)c1ccc(Cl)c(Cl)c1)c1ccc2c(c1)OCCO2. The third-order valence-corrected chi connectivity index (χ3v) is 5.88. The molecule has 0 aromatic heterocycles. The molecule has 0 saturated carbocycles. The van der Waals surface area contributed by atoms with E-state index in [0.29, 0.717) is 29.7 Å². The van der Waals surface area contributed by atoms with E-state index in [1.165, 1.54) is 18.2 Å². The Morgan fingerprint density at radius 3 is 2.42 bits per heavy atom. The molecular weight excluding hydrogens is 373 g/mol. The molecule has 2 aromatic rings. The largest absolute Gasteiger partial charge is 0.486 e. The van der Waals surface area contributed by atoms with Crippen molar-refractivity contribution in [3.05, 3.63) is 52.0 Å². The lowest BCUT2D eigenvalue weighted by Crippen LogP contribution is -2.27. The van der Waals surface area contributed by atoms with Gasteiger partial charge >= 0.3 is 0 Å². The van der Waals surface area contributed by atoms with E-state index in [1.54, 1.807) is 25.1 Å². The van der Waals surface area contributed by atoms with E-state index in [0.717, 1.165) is 5.56 Å². The van der Waals surface area contributed by atoms with Gasteiger partial charge in [-0.1, -0.05) is 29.3 Å². The van der Waals surface area contributed by atoms with Gasteiger partial charge in [-0.15, -0.1) is 0 Å². The molecule has 1 heterocycles. The Hall–Kier alpha value is -1.47. The Morgan fingerprint density at radius 2 is 1.71 bits per heavy atom. The molecule has 1 unspecified atom stereocenters. The second-order valence-corrected chi connectivity index (χ2v) is 7.85. The van der Waals surface area contributed by atoms with Gasteiger partial charge < -0.3 is 9.47 Å². The molecule has 1 atom stereocenters. The van der Waals surface area contributed by atoms with Crippen molar-refractivity contribution in [1.82, 2.24) is 4.72 Å². The predicted molar refractivity (Wildman–Crippen MR) is 92.6 cm³/mol. The Morgan fingerprint density at radius 1 is 1.00 bits per heavy atom. The number of hydrogen-bond donors (Lipinski definition) is 1. The predicted octanol–water partition coefficient (Wildman–Crippen LogP) is 3.80. The molecule has 0 aliphatic carbocycles. The zero-order valence-corrected chi connectivity index (χ0v) is 15.1. The third kappa shape index (κ3) is 3.62. The van der Waals surface area contributed by atoms with Crippen LogP contribution in [0.1, 0.15) is 18.5 Å². The number of ether oxygens (including phenoxy) is 2. The molecular formula is C16H15Cl2NO4S. The molecule has 0 spiro atoms. The van der Waals surface area contributed by atoms with Crippen molar-refractivity contribution in [1.29, 1.82) is 0 Å². The molecule has 1 aliphatic rings. The fourth-order valence-corrected chi connectivity index (χ4v) is 3.96. The summed E-state index contributed by atoms with van der Waals surface area (Å²) in [5, 5.41) is 0.488. The second-order valence-electron chi connectivity index (χ2n) is 5.32. The fourth-order valence-electron chi connectivity index (χ4n) is 2.34. The number of fused-ring (bicyclic) bond motifs is 1. The molecule has 128 valence electrons. The maximum Gasteiger partial charge on any atom is 0.241 e. The normalized spacial score (nSPS) is 15.1. The van der Waals surface area contributed by atoms with Gasteiger partial charge in [-0.3, -0.25) is 0 Å². The van der Waals surface area contributed by atoms with Crippen molar-refractivity contribution in [2.24, 2.45) is 0 Å². The molecule has 0 saturated heterocycles. The molecule has 2 aromatic carbocycles. The summed E-state index contributed by atoms with van der Waals surface area (Å²) in [6.45, 7) is 2.73. The monoisotopic (exact) mass is 387 g/mol. The first-order valence-electron chi connectivity index (χ1n) is 7.24. The Bertz CT molecular complexity index is 870. The van der Waals surface area contributed by atoms with Crippen LogP contribution in [0.4, 0.5) is 0 Å². The third-order valence-electron chi connectivity index (χ3n) is 3.60. The molecule has 0 bridgehead atoms. The summed E-state index contributed by atoms with van der Waals surface area (Å²) >= 11 is 11.7. The first-order valence-corrected chi connectivity index (χ1v) is 9.48. The van der Waals surface area contributed by atoms with E-state index in [9.17, 15) is 8.42 Å². The van der Waals surface area contributed by atoms with Crippen LogP contribution in [0.15, 0.2) is 41.3 Å². The number of sulfonamides is 1. The number of halogens is 2. The summed E-state index contributed by atoms with van der Waals surface area (Å²) < 4.78 is 38.6. The average molecular weight is 388 g/mol. The molecule has 0 amide bonds. The van der Waals surface area contributed by atoms with Crippen LogP contribution < -0.4 is 14.2 Å². The van der Waals surface area contributed by atoms with E-state index in [-0.39, 0.29) is 9.92 Å². The maximum absolute atomic E-state index is 12.5. The lowest BCUT2D eigenvalue weighted by Gasteiger charge is -2.21. The lowest BCUT2D eigenvalue weighted by molar-refractivity contribution is 0.171. The molecule has 1 aliphatic heterocycles. The summed E-state index contributed by atoms with van der Waals surface area (Å²) in [6.07, 6.45) is 0. The molecule has 24 heavy (non-hydrogen) atoms. The highest BCUT2D eigenvalue weighted by molar-refractivity contribution is 7.89. The molecule has 1 N–H and O–H groups in total. The summed E-state index contributed by atoms with van der Waals surface area (Å²) in [5.74, 6) is 1.27. The van der Waals surface area contributed by atoms with E-state index < -0.39 is 16.1 Å². The van der Waals surface area contributed by atoms with Crippen molar-refractivity contribution >= 4 is 33.2 Å². The summed E-state index contributed by atoms with van der Waals surface area (Å²) in [6, 6.07) is 9.07. The van der Waals surface area contributed by atoms with Gasteiger partial charge in [0.05, 0.1) is 14.9 Å². The average Bonchev–Trinajstić information content (AvgIpc) is 2.56. The molecule has 3 rings (SSSR count). The van der Waals surface area contributed by atoms with Gasteiger partial charge in [0, 0.05) is 6.04 Å². The van der Waals surface area contributed by atoms with Gasteiger partial charge in [0.2, 0.25) is 10.0 Å². The van der Waals surface area contributed by atoms with Crippen LogP contribution >= 0.6 is 23.2 Å². The minimum Gasteiger partial charge on any atom is -0.486 e.